The van der Waals surface area contributed by atoms with Crippen LogP contribution in [0.4, 0.5) is 0 Å². The van der Waals surface area contributed by atoms with Crippen LogP contribution in [-0.2, 0) is 0 Å². The molecule has 4 nitrogen and oxygen atoms in total. The lowest BCUT2D eigenvalue weighted by molar-refractivity contribution is 1.03. The minimum Gasteiger partial charge on any atom is -0.274 e. The van der Waals surface area contributed by atoms with Crippen LogP contribution in [-0.4, -0.2) is 14.8 Å². The van der Waals surface area contributed by atoms with Gasteiger partial charge in [-0.05, 0) is 44.0 Å². The van der Waals surface area contributed by atoms with Crippen molar-refractivity contribution in [2.45, 2.75) is 20.8 Å². The minimum atomic E-state index is 0.582. The van der Waals surface area contributed by atoms with Crippen LogP contribution in [0, 0.1) is 32.1 Å². The lowest BCUT2D eigenvalue weighted by Crippen LogP contribution is -2.06. The van der Waals surface area contributed by atoms with Crippen molar-refractivity contribution in [2.75, 3.05) is 0 Å². The molecule has 4 aromatic rings. The highest BCUT2D eigenvalue weighted by molar-refractivity contribution is 5.72. The van der Waals surface area contributed by atoms with Gasteiger partial charge in [0.15, 0.2) is 11.6 Å². The van der Waals surface area contributed by atoms with Gasteiger partial charge in [-0.25, -0.2) is 0 Å². The summed E-state index contributed by atoms with van der Waals surface area (Å²) in [7, 11) is 0. The van der Waals surface area contributed by atoms with Crippen molar-refractivity contribution in [1.82, 2.24) is 14.8 Å². The fraction of sp³-hybridized carbons (Fsp3) is 0.125. The molecule has 0 radical (unpaired) electrons. The van der Waals surface area contributed by atoms with Gasteiger partial charge in [0.1, 0.15) is 0 Å². The SMILES string of the molecule is Cc1cc(C)c(-n2c(-c3ccccc3)nnc2-c2ccccc2C#N)c(C)c1. The second-order valence-electron chi connectivity index (χ2n) is 6.95. The van der Waals surface area contributed by atoms with Crippen molar-refractivity contribution in [1.29, 1.82) is 5.26 Å². The van der Waals surface area contributed by atoms with E-state index in [0.717, 1.165) is 33.8 Å². The number of nitriles is 1. The first-order chi connectivity index (χ1) is 13.6. The van der Waals surface area contributed by atoms with E-state index < -0.39 is 0 Å². The first-order valence-electron chi connectivity index (χ1n) is 9.18. The summed E-state index contributed by atoms with van der Waals surface area (Å²) in [6, 6.07) is 24.2. The number of hydrogen-bond donors (Lipinski definition) is 0. The highest BCUT2D eigenvalue weighted by atomic mass is 15.3. The molecule has 136 valence electrons. The largest absolute Gasteiger partial charge is 0.274 e. The molecule has 1 aromatic heterocycles. The number of nitrogens with zero attached hydrogens (tertiary/aromatic N) is 4. The maximum atomic E-state index is 9.60. The van der Waals surface area contributed by atoms with Gasteiger partial charge < -0.3 is 0 Å². The highest BCUT2D eigenvalue weighted by Gasteiger charge is 2.21. The summed E-state index contributed by atoms with van der Waals surface area (Å²) in [5, 5.41) is 18.6. The topological polar surface area (TPSA) is 54.5 Å². The molecule has 0 atom stereocenters. The standard InChI is InChI=1S/C24H20N4/c1-16-13-17(2)22(18(3)14-16)28-23(19-9-5-4-6-10-19)26-27-24(28)21-12-8-7-11-20(21)15-25/h4-14H,1-3H3. The number of aryl methyl sites for hydroxylation is 3. The summed E-state index contributed by atoms with van der Waals surface area (Å²) in [5.41, 5.74) is 6.90. The molecule has 0 spiro atoms. The molecular formula is C24H20N4. The van der Waals surface area contributed by atoms with Gasteiger partial charge in [0, 0.05) is 11.1 Å². The highest BCUT2D eigenvalue weighted by Crippen LogP contribution is 2.33. The van der Waals surface area contributed by atoms with Crippen molar-refractivity contribution in [3.05, 3.63) is 89.0 Å². The van der Waals surface area contributed by atoms with Crippen LogP contribution in [0.3, 0.4) is 0 Å². The Hall–Kier alpha value is -3.71. The first-order valence-corrected chi connectivity index (χ1v) is 9.18. The molecule has 0 N–H and O–H groups in total. The van der Waals surface area contributed by atoms with E-state index in [1.165, 1.54) is 5.56 Å². The van der Waals surface area contributed by atoms with E-state index in [0.29, 0.717) is 11.4 Å². The van der Waals surface area contributed by atoms with Crippen LogP contribution in [0.25, 0.3) is 28.5 Å². The summed E-state index contributed by atoms with van der Waals surface area (Å²) in [6.07, 6.45) is 0. The molecule has 3 aromatic carbocycles. The molecule has 0 unspecified atom stereocenters. The third-order valence-electron chi connectivity index (χ3n) is 4.84. The fourth-order valence-corrected chi connectivity index (χ4v) is 3.75. The van der Waals surface area contributed by atoms with E-state index >= 15 is 0 Å². The first kappa shape index (κ1) is 17.7. The average molecular weight is 364 g/mol. The van der Waals surface area contributed by atoms with Crippen LogP contribution >= 0.6 is 0 Å². The smallest absolute Gasteiger partial charge is 0.170 e. The van der Waals surface area contributed by atoms with Crippen LogP contribution in [0.15, 0.2) is 66.7 Å². The molecule has 0 bridgehead atoms. The third-order valence-corrected chi connectivity index (χ3v) is 4.84. The molecule has 4 rings (SSSR count). The van der Waals surface area contributed by atoms with Crippen molar-refractivity contribution >= 4 is 0 Å². The van der Waals surface area contributed by atoms with Gasteiger partial charge in [0.25, 0.3) is 0 Å². The number of aromatic nitrogens is 3. The van der Waals surface area contributed by atoms with Crippen molar-refractivity contribution in [3.63, 3.8) is 0 Å². The molecule has 0 saturated carbocycles. The minimum absolute atomic E-state index is 0.582. The molecule has 0 saturated heterocycles. The zero-order valence-corrected chi connectivity index (χ0v) is 16.1. The number of benzene rings is 3. The van der Waals surface area contributed by atoms with Crippen molar-refractivity contribution in [2.24, 2.45) is 0 Å². The average Bonchev–Trinajstić information content (AvgIpc) is 3.12. The molecule has 0 aliphatic carbocycles. The Morgan fingerprint density at radius 3 is 2.07 bits per heavy atom. The van der Waals surface area contributed by atoms with Crippen LogP contribution < -0.4 is 0 Å². The summed E-state index contributed by atoms with van der Waals surface area (Å²) in [6.45, 7) is 6.30. The molecular weight excluding hydrogens is 344 g/mol. The van der Waals surface area contributed by atoms with E-state index in [2.05, 4.69) is 53.7 Å². The molecule has 28 heavy (non-hydrogen) atoms. The van der Waals surface area contributed by atoms with Gasteiger partial charge in [-0.15, -0.1) is 10.2 Å². The van der Waals surface area contributed by atoms with Gasteiger partial charge in [-0.3, -0.25) is 4.57 Å². The van der Waals surface area contributed by atoms with E-state index in [1.807, 2.05) is 54.6 Å². The molecule has 1 heterocycles. The molecule has 0 aliphatic heterocycles. The molecule has 4 heteroatoms. The molecule has 0 amide bonds. The predicted octanol–water partition coefficient (Wildman–Crippen LogP) is 5.40. The monoisotopic (exact) mass is 364 g/mol. The Bertz CT molecular complexity index is 1170. The second-order valence-corrected chi connectivity index (χ2v) is 6.95. The Labute approximate surface area is 164 Å². The summed E-state index contributed by atoms with van der Waals surface area (Å²) < 4.78 is 2.08. The van der Waals surface area contributed by atoms with Gasteiger partial charge in [0.05, 0.1) is 17.3 Å². The van der Waals surface area contributed by atoms with Crippen molar-refractivity contribution < 1.29 is 0 Å². The predicted molar refractivity (Wildman–Crippen MR) is 111 cm³/mol. The van der Waals surface area contributed by atoms with Gasteiger partial charge >= 0.3 is 0 Å². The maximum absolute atomic E-state index is 9.60. The zero-order chi connectivity index (χ0) is 19.7. The van der Waals surface area contributed by atoms with E-state index in [4.69, 9.17) is 0 Å². The molecule has 0 aliphatic rings. The lowest BCUT2D eigenvalue weighted by atomic mass is 10.0. The van der Waals surface area contributed by atoms with Crippen molar-refractivity contribution in [3.8, 4) is 34.5 Å². The van der Waals surface area contributed by atoms with Crippen LogP contribution in [0.5, 0.6) is 0 Å². The quantitative estimate of drug-likeness (QED) is 0.489. The summed E-state index contributed by atoms with van der Waals surface area (Å²) >= 11 is 0. The Morgan fingerprint density at radius 1 is 0.786 bits per heavy atom. The van der Waals surface area contributed by atoms with Crippen LogP contribution in [0.2, 0.25) is 0 Å². The summed E-state index contributed by atoms with van der Waals surface area (Å²) in [5.74, 6) is 1.43. The number of rotatable bonds is 3. The summed E-state index contributed by atoms with van der Waals surface area (Å²) in [4.78, 5) is 0. The number of hydrogen-bond acceptors (Lipinski definition) is 3. The third kappa shape index (κ3) is 2.97. The normalized spacial score (nSPS) is 10.6. The Kier molecular flexibility index (Phi) is 4.50. The van der Waals surface area contributed by atoms with E-state index in [9.17, 15) is 5.26 Å². The Balaban J connectivity index is 2.08. The Morgan fingerprint density at radius 2 is 1.39 bits per heavy atom. The van der Waals surface area contributed by atoms with E-state index in [1.54, 1.807) is 0 Å². The molecule has 0 fully saturated rings. The van der Waals surface area contributed by atoms with E-state index in [-0.39, 0.29) is 0 Å². The zero-order valence-electron chi connectivity index (χ0n) is 16.1. The maximum Gasteiger partial charge on any atom is 0.170 e. The van der Waals surface area contributed by atoms with Crippen LogP contribution in [0.1, 0.15) is 22.3 Å². The second kappa shape index (κ2) is 7.13. The van der Waals surface area contributed by atoms with Gasteiger partial charge in [0.2, 0.25) is 0 Å². The lowest BCUT2D eigenvalue weighted by Gasteiger charge is -2.17. The van der Waals surface area contributed by atoms with Gasteiger partial charge in [-0.2, -0.15) is 5.26 Å². The van der Waals surface area contributed by atoms with Gasteiger partial charge in [-0.1, -0.05) is 60.2 Å². The fourth-order valence-electron chi connectivity index (χ4n) is 3.75.